The molecule has 1 aromatic carbocycles. The molecule has 176 valence electrons. The summed E-state index contributed by atoms with van der Waals surface area (Å²) in [6, 6.07) is 11.9. The van der Waals surface area contributed by atoms with Gasteiger partial charge in [-0.15, -0.1) is 10.2 Å². The van der Waals surface area contributed by atoms with Gasteiger partial charge in [0.15, 0.2) is 16.7 Å². The van der Waals surface area contributed by atoms with E-state index in [1.54, 1.807) is 26.0 Å². The van der Waals surface area contributed by atoms with Crippen LogP contribution in [0.15, 0.2) is 47.8 Å². The number of para-hydroxylation sites is 1. The molecule has 2 aromatic heterocycles. The number of benzene rings is 1. The second-order valence-corrected chi connectivity index (χ2v) is 9.02. The van der Waals surface area contributed by atoms with Gasteiger partial charge in [-0.05, 0) is 38.1 Å². The molecule has 8 nitrogen and oxygen atoms in total. The minimum absolute atomic E-state index is 0.206. The van der Waals surface area contributed by atoms with Crippen LogP contribution in [0.2, 0.25) is 0 Å². The van der Waals surface area contributed by atoms with Crippen molar-refractivity contribution >= 4 is 11.8 Å². The smallest absolute Gasteiger partial charge is 0.191 e. The topological polar surface area (TPSA) is 74.5 Å². The Morgan fingerprint density at radius 2 is 2.03 bits per heavy atom. The lowest BCUT2D eigenvalue weighted by atomic mass is 10.1. The molecule has 0 aliphatic carbocycles. The third-order valence-electron chi connectivity index (χ3n) is 5.62. The number of rotatable bonds is 11. The van der Waals surface area contributed by atoms with Gasteiger partial charge in [0.05, 0.1) is 39.1 Å². The van der Waals surface area contributed by atoms with Crippen molar-refractivity contribution < 1.29 is 14.2 Å². The maximum Gasteiger partial charge on any atom is 0.191 e. The number of hydrogen-bond acceptors (Lipinski definition) is 8. The van der Waals surface area contributed by atoms with Gasteiger partial charge in [-0.2, -0.15) is 0 Å². The predicted octanol–water partition coefficient (Wildman–Crippen LogP) is 3.79. The van der Waals surface area contributed by atoms with Gasteiger partial charge in [-0.1, -0.05) is 30.0 Å². The fourth-order valence-electron chi connectivity index (χ4n) is 4.01. The van der Waals surface area contributed by atoms with Crippen molar-refractivity contribution in [1.82, 2.24) is 24.6 Å². The lowest BCUT2D eigenvalue weighted by Gasteiger charge is -2.20. The number of aromatic nitrogens is 4. The van der Waals surface area contributed by atoms with Gasteiger partial charge >= 0.3 is 0 Å². The van der Waals surface area contributed by atoms with Crippen LogP contribution in [0.4, 0.5) is 0 Å². The van der Waals surface area contributed by atoms with E-state index in [-0.39, 0.29) is 6.10 Å². The molecule has 3 heterocycles. The lowest BCUT2D eigenvalue weighted by molar-refractivity contribution is 0.0934. The highest BCUT2D eigenvalue weighted by Gasteiger charge is 2.22. The molecule has 0 spiro atoms. The molecule has 33 heavy (non-hydrogen) atoms. The van der Waals surface area contributed by atoms with E-state index in [1.165, 1.54) is 0 Å². The predicted molar refractivity (Wildman–Crippen MR) is 128 cm³/mol. The number of hydrogen-bond donors (Lipinski definition) is 0. The van der Waals surface area contributed by atoms with E-state index in [0.717, 1.165) is 65.5 Å². The largest absolute Gasteiger partial charge is 0.493 e. The Labute approximate surface area is 199 Å². The van der Waals surface area contributed by atoms with E-state index in [1.807, 2.05) is 36.5 Å². The Kier molecular flexibility index (Phi) is 8.20. The van der Waals surface area contributed by atoms with Crippen LogP contribution < -0.4 is 9.47 Å². The van der Waals surface area contributed by atoms with Crippen molar-refractivity contribution in [3.63, 3.8) is 0 Å². The van der Waals surface area contributed by atoms with Crippen molar-refractivity contribution in [3.8, 4) is 11.5 Å². The van der Waals surface area contributed by atoms with Crippen molar-refractivity contribution in [2.45, 2.75) is 49.5 Å². The second kappa shape index (κ2) is 11.5. The summed E-state index contributed by atoms with van der Waals surface area (Å²) in [5.41, 5.74) is 2.09. The summed E-state index contributed by atoms with van der Waals surface area (Å²) in [6.45, 7) is 2.95. The minimum Gasteiger partial charge on any atom is -0.493 e. The van der Waals surface area contributed by atoms with Crippen LogP contribution >= 0.6 is 11.8 Å². The van der Waals surface area contributed by atoms with Crippen LogP contribution in [0, 0.1) is 0 Å². The Balaban J connectivity index is 1.49. The molecule has 0 amide bonds. The van der Waals surface area contributed by atoms with Crippen molar-refractivity contribution in [2.75, 3.05) is 27.9 Å². The lowest BCUT2D eigenvalue weighted by Crippen LogP contribution is -2.23. The Hall–Kier alpha value is -2.62. The van der Waals surface area contributed by atoms with E-state index < -0.39 is 0 Å². The van der Waals surface area contributed by atoms with Crippen molar-refractivity contribution in [3.05, 3.63) is 59.7 Å². The summed E-state index contributed by atoms with van der Waals surface area (Å²) < 4.78 is 19.2. The number of pyridine rings is 1. The average molecular weight is 470 g/mol. The molecule has 1 aliphatic heterocycles. The summed E-state index contributed by atoms with van der Waals surface area (Å²) in [5.74, 6) is 3.18. The zero-order valence-electron chi connectivity index (χ0n) is 19.4. The molecule has 0 saturated carbocycles. The first-order valence-electron chi connectivity index (χ1n) is 11.1. The molecule has 3 aromatic rings. The highest BCUT2D eigenvalue weighted by atomic mass is 32.2. The van der Waals surface area contributed by atoms with E-state index in [0.29, 0.717) is 13.1 Å². The van der Waals surface area contributed by atoms with E-state index in [2.05, 4.69) is 37.8 Å². The molecule has 1 fully saturated rings. The second-order valence-electron chi connectivity index (χ2n) is 8.08. The molecule has 1 aliphatic rings. The van der Waals surface area contributed by atoms with Crippen LogP contribution in [0.25, 0.3) is 0 Å². The third kappa shape index (κ3) is 6.04. The van der Waals surface area contributed by atoms with Crippen LogP contribution in [0.5, 0.6) is 11.5 Å². The Bertz CT molecular complexity index is 1020. The fraction of sp³-hybridized carbons (Fsp3) is 0.458. The number of nitrogens with zero attached hydrogens (tertiary/aromatic N) is 5. The Morgan fingerprint density at radius 1 is 1.12 bits per heavy atom. The molecule has 0 bridgehead atoms. The summed E-state index contributed by atoms with van der Waals surface area (Å²) in [4.78, 5) is 6.63. The summed E-state index contributed by atoms with van der Waals surface area (Å²) in [6.07, 6.45) is 4.20. The van der Waals surface area contributed by atoms with E-state index in [9.17, 15) is 0 Å². The molecule has 1 atom stereocenters. The summed E-state index contributed by atoms with van der Waals surface area (Å²) in [7, 11) is 5.40. The maximum atomic E-state index is 5.91. The number of methoxy groups -OCH3 is 2. The normalized spacial score (nSPS) is 15.8. The standard InChI is InChI=1S/C24H31N5O3S/c1-28(14-18-8-6-11-21(30-2)23(18)31-3)16-22-26-27-24(29(22)15-20-10-7-13-32-20)33-17-19-9-4-5-12-25-19/h4-6,8-9,11-12,20H,7,10,13-17H2,1-3H3/t20-/m1/s1. The van der Waals surface area contributed by atoms with Crippen molar-refractivity contribution in [1.29, 1.82) is 0 Å². The van der Waals surface area contributed by atoms with Gasteiger partial charge in [0.25, 0.3) is 0 Å². The van der Waals surface area contributed by atoms with Crippen LogP contribution in [0.3, 0.4) is 0 Å². The molecule has 9 heteroatoms. The van der Waals surface area contributed by atoms with E-state index in [4.69, 9.17) is 14.2 Å². The molecule has 0 unspecified atom stereocenters. The quantitative estimate of drug-likeness (QED) is 0.393. The highest BCUT2D eigenvalue weighted by molar-refractivity contribution is 7.98. The molecule has 4 rings (SSSR count). The Morgan fingerprint density at radius 3 is 2.76 bits per heavy atom. The zero-order chi connectivity index (χ0) is 23.0. The number of thioether (sulfide) groups is 1. The number of ether oxygens (including phenoxy) is 3. The van der Waals surface area contributed by atoms with Gasteiger partial charge in [0.1, 0.15) is 5.82 Å². The maximum absolute atomic E-state index is 5.91. The first-order valence-corrected chi connectivity index (χ1v) is 12.1. The SMILES string of the molecule is COc1cccc(CN(C)Cc2nnc(SCc3ccccn3)n2C[C@H]2CCCO2)c1OC. The van der Waals surface area contributed by atoms with Gasteiger partial charge < -0.3 is 18.8 Å². The van der Waals surface area contributed by atoms with Gasteiger partial charge in [-0.3, -0.25) is 9.88 Å². The van der Waals surface area contributed by atoms with Crippen molar-refractivity contribution in [2.24, 2.45) is 0 Å². The molecule has 1 saturated heterocycles. The van der Waals surface area contributed by atoms with E-state index >= 15 is 0 Å². The molecular formula is C24H31N5O3S. The van der Waals surface area contributed by atoms with Crippen LogP contribution in [0.1, 0.15) is 29.9 Å². The molecular weight excluding hydrogens is 438 g/mol. The van der Waals surface area contributed by atoms with Gasteiger partial charge in [0, 0.05) is 30.7 Å². The zero-order valence-corrected chi connectivity index (χ0v) is 20.3. The van der Waals surface area contributed by atoms with Crippen LogP contribution in [-0.4, -0.2) is 58.6 Å². The van der Waals surface area contributed by atoms with Crippen LogP contribution in [-0.2, 0) is 30.1 Å². The molecule has 0 N–H and O–H groups in total. The summed E-state index contributed by atoms with van der Waals surface area (Å²) in [5, 5.41) is 9.96. The van der Waals surface area contributed by atoms with Gasteiger partial charge in [0.2, 0.25) is 0 Å². The monoisotopic (exact) mass is 469 g/mol. The molecule has 0 radical (unpaired) electrons. The highest BCUT2D eigenvalue weighted by Crippen LogP contribution is 2.31. The summed E-state index contributed by atoms with van der Waals surface area (Å²) >= 11 is 1.66. The third-order valence-corrected chi connectivity index (χ3v) is 6.62. The first-order chi connectivity index (χ1) is 16.2. The van der Waals surface area contributed by atoms with Gasteiger partial charge in [-0.25, -0.2) is 0 Å². The fourth-order valence-corrected chi connectivity index (χ4v) is 4.89. The first kappa shape index (κ1) is 23.5. The average Bonchev–Trinajstić information content (AvgIpc) is 3.49. The minimum atomic E-state index is 0.206.